The zero-order chi connectivity index (χ0) is 21.1. The van der Waals surface area contributed by atoms with Gasteiger partial charge in [0.2, 0.25) is 11.8 Å². The van der Waals surface area contributed by atoms with Crippen molar-refractivity contribution < 1.29 is 14.3 Å². The van der Waals surface area contributed by atoms with Crippen LogP contribution in [0.15, 0.2) is 77.3 Å². The lowest BCUT2D eigenvalue weighted by Crippen LogP contribution is -2.28. The van der Waals surface area contributed by atoms with E-state index in [0.29, 0.717) is 28.8 Å². The Balaban J connectivity index is 1.36. The molecule has 0 unspecified atom stereocenters. The molecule has 1 aliphatic heterocycles. The van der Waals surface area contributed by atoms with E-state index in [4.69, 9.17) is 16.3 Å². The second-order valence-electron chi connectivity index (χ2n) is 6.95. The number of benzene rings is 3. The van der Waals surface area contributed by atoms with Gasteiger partial charge in [0.25, 0.3) is 0 Å². The lowest BCUT2D eigenvalue weighted by Gasteiger charge is -2.17. The van der Waals surface area contributed by atoms with Gasteiger partial charge in [0.05, 0.1) is 5.92 Å². The summed E-state index contributed by atoms with van der Waals surface area (Å²) in [6, 6.07) is 21.7. The predicted molar refractivity (Wildman–Crippen MR) is 121 cm³/mol. The molecule has 0 aromatic heterocycles. The van der Waals surface area contributed by atoms with Gasteiger partial charge in [-0.25, -0.2) is 0 Å². The summed E-state index contributed by atoms with van der Waals surface area (Å²) in [4.78, 5) is 26.7. The first-order valence-corrected chi connectivity index (χ1v) is 10.6. The lowest BCUT2D eigenvalue weighted by atomic mass is 10.1. The lowest BCUT2D eigenvalue weighted by molar-refractivity contribution is -0.122. The maximum absolute atomic E-state index is 12.7. The first-order valence-electron chi connectivity index (χ1n) is 9.38. The summed E-state index contributed by atoms with van der Waals surface area (Å²) in [5.74, 6) is 0.700. The van der Waals surface area contributed by atoms with Gasteiger partial charge in [-0.2, -0.15) is 0 Å². The summed E-state index contributed by atoms with van der Waals surface area (Å²) in [5.41, 5.74) is 1.44. The number of anilines is 2. The summed E-state index contributed by atoms with van der Waals surface area (Å²) < 4.78 is 6.69. The van der Waals surface area contributed by atoms with Gasteiger partial charge in [-0.05, 0) is 72.8 Å². The fourth-order valence-corrected chi connectivity index (χ4v) is 3.63. The van der Waals surface area contributed by atoms with Crippen molar-refractivity contribution in [1.29, 1.82) is 0 Å². The smallest absolute Gasteiger partial charge is 0.229 e. The molecule has 0 saturated carbocycles. The summed E-state index contributed by atoms with van der Waals surface area (Å²) in [5, 5.41) is 3.53. The van der Waals surface area contributed by atoms with Gasteiger partial charge >= 0.3 is 0 Å². The zero-order valence-corrected chi connectivity index (χ0v) is 18.2. The summed E-state index contributed by atoms with van der Waals surface area (Å²) >= 11 is 9.26. The molecule has 3 aromatic carbocycles. The van der Waals surface area contributed by atoms with Crippen LogP contribution in [0.25, 0.3) is 0 Å². The fourth-order valence-electron chi connectivity index (χ4n) is 3.24. The molecule has 30 heavy (non-hydrogen) atoms. The molecule has 1 atom stereocenters. The molecule has 4 rings (SSSR count). The van der Waals surface area contributed by atoms with Crippen LogP contribution < -0.4 is 15.0 Å². The minimum absolute atomic E-state index is 0.0517. The molecule has 152 valence electrons. The van der Waals surface area contributed by atoms with E-state index in [1.807, 2.05) is 24.3 Å². The standard InChI is InChI=1S/C23H18BrClN2O3/c24-16-1-7-19(8-2-16)27-14-15(13-22(27)28)23(29)26-18-5-11-21(12-6-18)30-20-9-3-17(25)4-10-20/h1-12,15H,13-14H2,(H,26,29)/t15-/m1/s1. The SMILES string of the molecule is O=C(Nc1ccc(Oc2ccc(Cl)cc2)cc1)[C@@H]1CC(=O)N(c2ccc(Br)cc2)C1. The summed E-state index contributed by atoms with van der Waals surface area (Å²) in [6.07, 6.45) is 0.194. The van der Waals surface area contributed by atoms with E-state index in [1.165, 1.54) is 0 Å². The highest BCUT2D eigenvalue weighted by Crippen LogP contribution is 2.28. The van der Waals surface area contributed by atoms with Crippen LogP contribution in [0, 0.1) is 5.92 Å². The number of rotatable bonds is 5. The highest BCUT2D eigenvalue weighted by atomic mass is 79.9. The van der Waals surface area contributed by atoms with Crippen LogP contribution in [0.4, 0.5) is 11.4 Å². The Hall–Kier alpha value is -2.83. The molecular formula is C23H18BrClN2O3. The minimum Gasteiger partial charge on any atom is -0.457 e. The molecule has 1 saturated heterocycles. The predicted octanol–water partition coefficient (Wildman–Crippen LogP) is 5.89. The number of halogens is 2. The monoisotopic (exact) mass is 484 g/mol. The van der Waals surface area contributed by atoms with E-state index in [0.717, 1.165) is 10.2 Å². The van der Waals surface area contributed by atoms with Crippen molar-refractivity contribution in [3.63, 3.8) is 0 Å². The molecule has 7 heteroatoms. The Morgan fingerprint density at radius 2 is 1.57 bits per heavy atom. The van der Waals surface area contributed by atoms with E-state index >= 15 is 0 Å². The Morgan fingerprint density at radius 1 is 0.967 bits per heavy atom. The molecule has 0 bridgehead atoms. The van der Waals surface area contributed by atoms with Crippen molar-refractivity contribution in [2.24, 2.45) is 5.92 Å². The molecular weight excluding hydrogens is 468 g/mol. The number of nitrogens with zero attached hydrogens (tertiary/aromatic N) is 1. The Bertz CT molecular complexity index is 1050. The molecule has 0 radical (unpaired) electrons. The third-order valence-electron chi connectivity index (χ3n) is 4.81. The molecule has 1 N–H and O–H groups in total. The third-order valence-corrected chi connectivity index (χ3v) is 5.59. The van der Waals surface area contributed by atoms with Crippen molar-refractivity contribution >= 4 is 50.7 Å². The number of hydrogen-bond acceptors (Lipinski definition) is 3. The van der Waals surface area contributed by atoms with Gasteiger partial charge in [0.15, 0.2) is 0 Å². The first-order chi connectivity index (χ1) is 14.5. The van der Waals surface area contributed by atoms with Gasteiger partial charge in [0, 0.05) is 33.8 Å². The molecule has 0 spiro atoms. The van der Waals surface area contributed by atoms with Crippen LogP contribution in [0.1, 0.15) is 6.42 Å². The fraction of sp³-hybridized carbons (Fsp3) is 0.130. The maximum Gasteiger partial charge on any atom is 0.229 e. The minimum atomic E-state index is -0.397. The van der Waals surface area contributed by atoms with Crippen molar-refractivity contribution in [3.8, 4) is 11.5 Å². The van der Waals surface area contributed by atoms with Crippen LogP contribution >= 0.6 is 27.5 Å². The average molecular weight is 486 g/mol. The largest absolute Gasteiger partial charge is 0.457 e. The van der Waals surface area contributed by atoms with E-state index < -0.39 is 5.92 Å². The van der Waals surface area contributed by atoms with Crippen molar-refractivity contribution in [1.82, 2.24) is 0 Å². The first kappa shape index (κ1) is 20.4. The van der Waals surface area contributed by atoms with E-state index in [-0.39, 0.29) is 18.2 Å². The Labute approximate surface area is 187 Å². The molecule has 1 heterocycles. The van der Waals surface area contributed by atoms with Crippen molar-refractivity contribution in [2.45, 2.75) is 6.42 Å². The van der Waals surface area contributed by atoms with Crippen LogP contribution in [-0.4, -0.2) is 18.4 Å². The highest BCUT2D eigenvalue weighted by Gasteiger charge is 2.35. The number of carbonyl (C=O) groups is 2. The van der Waals surface area contributed by atoms with Crippen molar-refractivity contribution in [3.05, 3.63) is 82.3 Å². The van der Waals surface area contributed by atoms with E-state index in [1.54, 1.807) is 53.4 Å². The third kappa shape index (κ3) is 4.83. The van der Waals surface area contributed by atoms with Crippen molar-refractivity contribution in [2.75, 3.05) is 16.8 Å². The van der Waals surface area contributed by atoms with Crippen LogP contribution in [-0.2, 0) is 9.59 Å². The number of carbonyl (C=O) groups excluding carboxylic acids is 2. The van der Waals surface area contributed by atoms with E-state index in [2.05, 4.69) is 21.2 Å². The van der Waals surface area contributed by atoms with Gasteiger partial charge in [-0.3, -0.25) is 9.59 Å². The zero-order valence-electron chi connectivity index (χ0n) is 15.8. The second kappa shape index (κ2) is 8.90. The molecule has 3 aromatic rings. The van der Waals surface area contributed by atoms with Gasteiger partial charge in [-0.1, -0.05) is 27.5 Å². The topological polar surface area (TPSA) is 58.6 Å². The highest BCUT2D eigenvalue weighted by molar-refractivity contribution is 9.10. The molecule has 5 nitrogen and oxygen atoms in total. The molecule has 0 aliphatic carbocycles. The molecule has 1 fully saturated rings. The van der Waals surface area contributed by atoms with Gasteiger partial charge < -0.3 is 15.0 Å². The Kier molecular flexibility index (Phi) is 6.06. The Morgan fingerprint density at radius 3 is 2.20 bits per heavy atom. The maximum atomic E-state index is 12.7. The second-order valence-corrected chi connectivity index (χ2v) is 8.30. The number of nitrogens with one attached hydrogen (secondary N) is 1. The van der Waals surface area contributed by atoms with Gasteiger partial charge in [-0.15, -0.1) is 0 Å². The number of amides is 2. The van der Waals surface area contributed by atoms with Gasteiger partial charge in [0.1, 0.15) is 11.5 Å². The summed E-state index contributed by atoms with van der Waals surface area (Å²) in [7, 11) is 0. The van der Waals surface area contributed by atoms with Crippen LogP contribution in [0.3, 0.4) is 0 Å². The number of ether oxygens (including phenoxy) is 1. The van der Waals surface area contributed by atoms with Crippen LogP contribution in [0.5, 0.6) is 11.5 Å². The normalized spacial score (nSPS) is 15.9. The molecule has 2 amide bonds. The average Bonchev–Trinajstić information content (AvgIpc) is 3.13. The summed E-state index contributed by atoms with van der Waals surface area (Å²) in [6.45, 7) is 0.365. The number of hydrogen-bond donors (Lipinski definition) is 1. The molecule has 1 aliphatic rings. The van der Waals surface area contributed by atoms with E-state index in [9.17, 15) is 9.59 Å². The van der Waals surface area contributed by atoms with Crippen LogP contribution in [0.2, 0.25) is 5.02 Å². The quantitative estimate of drug-likeness (QED) is 0.490.